The third-order valence-electron chi connectivity index (χ3n) is 4.13. The van der Waals surface area contributed by atoms with Crippen molar-refractivity contribution in [2.75, 3.05) is 6.54 Å². The molecule has 16 heavy (non-hydrogen) atoms. The predicted molar refractivity (Wildman–Crippen MR) is 63.8 cm³/mol. The van der Waals surface area contributed by atoms with Crippen LogP contribution in [0.25, 0.3) is 0 Å². The van der Waals surface area contributed by atoms with E-state index in [0.717, 1.165) is 13.0 Å². The number of hydrogen-bond donors (Lipinski definition) is 0. The molecule has 4 rings (SSSR count). The molecule has 0 amide bonds. The monoisotopic (exact) mass is 217 g/mol. The minimum Gasteiger partial charge on any atom is -0.290 e. The molecule has 1 aromatic rings. The van der Waals surface area contributed by atoms with Gasteiger partial charge in [0, 0.05) is 6.42 Å². The van der Waals surface area contributed by atoms with E-state index in [0.29, 0.717) is 6.04 Å². The van der Waals surface area contributed by atoms with Gasteiger partial charge in [-0.05, 0) is 11.0 Å². The maximum Gasteiger partial charge on any atom is 0.112 e. The highest BCUT2D eigenvalue weighted by Gasteiger charge is 2.62. The summed E-state index contributed by atoms with van der Waals surface area (Å²) < 4.78 is 0. The number of rotatable bonds is 1. The molecule has 0 aromatic heterocycles. The molecule has 2 nitrogen and oxygen atoms in total. The van der Waals surface area contributed by atoms with Gasteiger partial charge in [0.15, 0.2) is 0 Å². The van der Waals surface area contributed by atoms with Crippen molar-refractivity contribution in [3.63, 3.8) is 0 Å². The normalized spacial score (nSPS) is 37.2. The Morgan fingerprint density at radius 2 is 1.88 bits per heavy atom. The summed E-state index contributed by atoms with van der Waals surface area (Å²) in [6.45, 7) is 7.91. The molecule has 3 aliphatic heterocycles. The molecule has 0 saturated carbocycles. The lowest BCUT2D eigenvalue weighted by Gasteiger charge is -2.48. The fourth-order valence-electron chi connectivity index (χ4n) is 2.80. The second-order valence-electron chi connectivity index (χ2n) is 6.04. The van der Waals surface area contributed by atoms with Crippen molar-refractivity contribution in [3.05, 3.63) is 35.9 Å². The van der Waals surface area contributed by atoms with Crippen LogP contribution in [0, 0.1) is 5.41 Å². The Kier molecular flexibility index (Phi) is 1.99. The topological polar surface area (TPSA) is 12.5 Å². The lowest BCUT2D eigenvalue weighted by atomic mass is 9.74. The van der Waals surface area contributed by atoms with Gasteiger partial charge in [0.05, 0.1) is 12.6 Å². The van der Waals surface area contributed by atoms with Crippen molar-refractivity contribution in [2.45, 2.75) is 38.8 Å². The van der Waals surface area contributed by atoms with Crippen LogP contribution in [-0.4, -0.2) is 17.2 Å². The van der Waals surface area contributed by atoms with Crippen LogP contribution in [0.4, 0.5) is 0 Å². The van der Waals surface area contributed by atoms with Crippen molar-refractivity contribution < 1.29 is 4.84 Å². The average Bonchev–Trinajstić information content (AvgIpc) is 2.72. The van der Waals surface area contributed by atoms with E-state index in [4.69, 9.17) is 4.84 Å². The van der Waals surface area contributed by atoms with Gasteiger partial charge in [0.25, 0.3) is 0 Å². The van der Waals surface area contributed by atoms with E-state index in [1.807, 2.05) is 0 Å². The van der Waals surface area contributed by atoms with Gasteiger partial charge in [0.2, 0.25) is 0 Å². The quantitative estimate of drug-likeness (QED) is 0.716. The van der Waals surface area contributed by atoms with E-state index in [1.165, 1.54) is 5.56 Å². The number of benzene rings is 1. The van der Waals surface area contributed by atoms with E-state index in [1.54, 1.807) is 0 Å². The predicted octanol–water partition coefficient (Wildman–Crippen LogP) is 3.16. The maximum atomic E-state index is 6.00. The summed E-state index contributed by atoms with van der Waals surface area (Å²) in [4.78, 5) is 6.00. The van der Waals surface area contributed by atoms with Gasteiger partial charge in [-0.15, -0.1) is 0 Å². The molecule has 3 aliphatic rings. The first-order valence-electron chi connectivity index (χ1n) is 6.03. The van der Waals surface area contributed by atoms with Gasteiger partial charge in [0.1, 0.15) is 5.60 Å². The zero-order valence-electron chi connectivity index (χ0n) is 10.2. The van der Waals surface area contributed by atoms with Crippen molar-refractivity contribution in [2.24, 2.45) is 5.41 Å². The fraction of sp³-hybridized carbons (Fsp3) is 0.571. The number of hydroxylamine groups is 2. The largest absolute Gasteiger partial charge is 0.290 e. The van der Waals surface area contributed by atoms with Gasteiger partial charge in [-0.2, -0.15) is 5.06 Å². The van der Waals surface area contributed by atoms with E-state index < -0.39 is 0 Å². The lowest BCUT2D eigenvalue weighted by Crippen LogP contribution is -2.57. The molecule has 0 spiro atoms. The highest BCUT2D eigenvalue weighted by molar-refractivity contribution is 5.24. The fourth-order valence-corrected chi connectivity index (χ4v) is 2.80. The minimum absolute atomic E-state index is 0.0769. The molecule has 3 unspecified atom stereocenters. The first-order chi connectivity index (χ1) is 7.52. The molecule has 3 atom stereocenters. The van der Waals surface area contributed by atoms with Crippen LogP contribution < -0.4 is 0 Å². The van der Waals surface area contributed by atoms with Crippen LogP contribution in [0.3, 0.4) is 0 Å². The SMILES string of the molecule is CC(C)(C)C12CC(c3ccccc3)N(C1)O2. The molecule has 2 bridgehead atoms. The molecule has 3 saturated heterocycles. The van der Waals surface area contributed by atoms with Crippen LogP contribution in [0.5, 0.6) is 0 Å². The van der Waals surface area contributed by atoms with Crippen molar-refractivity contribution in [1.29, 1.82) is 0 Å². The van der Waals surface area contributed by atoms with Crippen LogP contribution in [-0.2, 0) is 4.84 Å². The molecule has 1 aromatic carbocycles. The molecule has 0 radical (unpaired) electrons. The van der Waals surface area contributed by atoms with Gasteiger partial charge < -0.3 is 0 Å². The molecular weight excluding hydrogens is 198 g/mol. The Balaban J connectivity index is 1.85. The number of nitrogens with zero attached hydrogens (tertiary/aromatic N) is 1. The summed E-state index contributed by atoms with van der Waals surface area (Å²) in [6.07, 6.45) is 1.13. The van der Waals surface area contributed by atoms with Gasteiger partial charge in [-0.1, -0.05) is 51.1 Å². The van der Waals surface area contributed by atoms with Crippen molar-refractivity contribution in [3.8, 4) is 0 Å². The van der Waals surface area contributed by atoms with E-state index >= 15 is 0 Å². The number of fused-ring (bicyclic) bond motifs is 1. The zero-order chi connectivity index (χ0) is 11.4. The van der Waals surface area contributed by atoms with Gasteiger partial charge in [-0.3, -0.25) is 4.84 Å². The molecular formula is C14H19NO. The number of hydrogen-bond acceptors (Lipinski definition) is 2. The molecule has 3 heterocycles. The minimum atomic E-state index is 0.0769. The van der Waals surface area contributed by atoms with Gasteiger partial charge >= 0.3 is 0 Å². The summed E-state index contributed by atoms with van der Waals surface area (Å²) in [5, 5.41) is 2.14. The van der Waals surface area contributed by atoms with Crippen LogP contribution in [0.2, 0.25) is 0 Å². The maximum absolute atomic E-state index is 6.00. The lowest BCUT2D eigenvalue weighted by molar-refractivity contribution is -0.339. The summed E-state index contributed by atoms with van der Waals surface area (Å²) in [5.41, 5.74) is 1.69. The zero-order valence-corrected chi connectivity index (χ0v) is 10.2. The van der Waals surface area contributed by atoms with Crippen LogP contribution in [0.15, 0.2) is 30.3 Å². The summed E-state index contributed by atoms with van der Waals surface area (Å²) in [7, 11) is 0. The second kappa shape index (κ2) is 3.08. The molecule has 2 heteroatoms. The standard InChI is InChI=1S/C14H19NO/c1-13(2,3)14-9-12(15(10-14)16-14)11-7-5-4-6-8-11/h4-8,12H,9-10H2,1-3H3. The van der Waals surface area contributed by atoms with Gasteiger partial charge in [-0.25, -0.2) is 0 Å². The highest BCUT2D eigenvalue weighted by Crippen LogP contribution is 2.57. The summed E-state index contributed by atoms with van der Waals surface area (Å²) in [6, 6.07) is 11.1. The molecule has 86 valence electrons. The second-order valence-corrected chi connectivity index (χ2v) is 6.04. The Morgan fingerprint density at radius 1 is 1.25 bits per heavy atom. The third kappa shape index (κ3) is 1.26. The van der Waals surface area contributed by atoms with Crippen LogP contribution in [0.1, 0.15) is 38.8 Å². The first-order valence-corrected chi connectivity index (χ1v) is 6.03. The summed E-state index contributed by atoms with van der Waals surface area (Å²) >= 11 is 0. The molecule has 0 aliphatic carbocycles. The summed E-state index contributed by atoms with van der Waals surface area (Å²) in [5.74, 6) is 0. The smallest absolute Gasteiger partial charge is 0.112 e. The average molecular weight is 217 g/mol. The molecule has 3 fully saturated rings. The van der Waals surface area contributed by atoms with Crippen molar-refractivity contribution >= 4 is 0 Å². The molecule has 0 N–H and O–H groups in total. The Bertz CT molecular complexity index is 387. The first kappa shape index (κ1) is 10.3. The van der Waals surface area contributed by atoms with E-state index in [2.05, 4.69) is 56.2 Å². The third-order valence-corrected chi connectivity index (χ3v) is 4.13. The Hall–Kier alpha value is -0.860. The van der Waals surface area contributed by atoms with Crippen LogP contribution >= 0.6 is 0 Å². The van der Waals surface area contributed by atoms with E-state index in [-0.39, 0.29) is 11.0 Å². The Morgan fingerprint density at radius 3 is 2.38 bits per heavy atom. The Labute approximate surface area is 97.2 Å². The van der Waals surface area contributed by atoms with Crippen molar-refractivity contribution in [1.82, 2.24) is 5.06 Å². The highest BCUT2D eigenvalue weighted by atomic mass is 16.7. The van der Waals surface area contributed by atoms with E-state index in [9.17, 15) is 0 Å².